The molecule has 0 unspecified atom stereocenters. The van der Waals surface area contributed by atoms with Crippen LogP contribution in [0.25, 0.3) is 65.7 Å². The summed E-state index contributed by atoms with van der Waals surface area (Å²) >= 11 is -4.43. The number of ether oxygens (including phenoxy) is 2. The molecule has 0 aliphatic heterocycles. The Balaban J connectivity index is 1.61. The molecular weight excluding hydrogens is 766 g/mol. The molecular formula is C40H40O3Sn2. The average Bonchev–Trinajstić information content (AvgIpc) is 3.43. The summed E-state index contributed by atoms with van der Waals surface area (Å²) in [5.74, 6) is 1.50. The Morgan fingerprint density at radius 3 is 1.09 bits per heavy atom. The molecule has 0 saturated carbocycles. The number of methoxy groups -OCH3 is 2. The van der Waals surface area contributed by atoms with Gasteiger partial charge in [-0.2, -0.15) is 0 Å². The van der Waals surface area contributed by atoms with E-state index in [0.717, 1.165) is 77.2 Å². The maximum atomic E-state index is 6.96. The third-order valence-corrected chi connectivity index (χ3v) is 21.0. The Kier molecular flexibility index (Phi) is 7.63. The van der Waals surface area contributed by atoms with Gasteiger partial charge in [0, 0.05) is 0 Å². The fourth-order valence-corrected chi connectivity index (χ4v) is 13.5. The first kappa shape index (κ1) is 30.5. The number of furan rings is 1. The molecule has 5 heteroatoms. The fraction of sp³-hybridized carbons (Fsp3) is 0.200. The standard InChI is InChI=1S/C34H22O3.6CH3.2Sn/c1-35-31-27(21-13-5-3-6-14-21)23-17-9-11-19-25(23)29-30-26-20-12-10-18-24(26)28(22-15-7-4-8-16-22)32(36-2)34(30)37-33(29)31;;;;;;;;/h5-20H,1-2H3;6*1H3;;. The number of rotatable bonds is 6. The van der Waals surface area contributed by atoms with Gasteiger partial charge < -0.3 is 0 Å². The molecule has 7 aromatic rings. The summed E-state index contributed by atoms with van der Waals surface area (Å²) in [6.45, 7) is 0. The summed E-state index contributed by atoms with van der Waals surface area (Å²) in [7, 11) is 3.51. The topological polar surface area (TPSA) is 31.6 Å². The van der Waals surface area contributed by atoms with E-state index in [1.165, 1.54) is 7.16 Å². The first-order chi connectivity index (χ1) is 21.5. The van der Waals surface area contributed by atoms with Gasteiger partial charge in [0.25, 0.3) is 0 Å². The molecule has 3 nitrogen and oxygen atoms in total. The van der Waals surface area contributed by atoms with Crippen molar-refractivity contribution in [3.8, 4) is 33.8 Å². The molecule has 0 aliphatic carbocycles. The monoisotopic (exact) mass is 808 g/mol. The minimum absolute atomic E-state index is 0.748. The molecule has 45 heavy (non-hydrogen) atoms. The molecule has 0 bridgehead atoms. The first-order valence-electron chi connectivity index (χ1n) is 15.7. The number of hydrogen-bond donors (Lipinski definition) is 0. The van der Waals surface area contributed by atoms with E-state index >= 15 is 0 Å². The molecule has 0 spiro atoms. The maximum absolute atomic E-state index is 6.96. The van der Waals surface area contributed by atoms with Crippen molar-refractivity contribution in [2.24, 2.45) is 0 Å². The molecule has 0 atom stereocenters. The van der Waals surface area contributed by atoms with Crippen molar-refractivity contribution < 1.29 is 13.9 Å². The van der Waals surface area contributed by atoms with E-state index in [1.54, 1.807) is 14.2 Å². The van der Waals surface area contributed by atoms with Crippen LogP contribution in [0.5, 0.6) is 11.5 Å². The van der Waals surface area contributed by atoms with E-state index in [0.29, 0.717) is 0 Å². The quantitative estimate of drug-likeness (QED) is 0.157. The van der Waals surface area contributed by atoms with Gasteiger partial charge in [-0.15, -0.1) is 0 Å². The normalized spacial score (nSPS) is 12.4. The molecule has 7 rings (SSSR count). The van der Waals surface area contributed by atoms with Crippen molar-refractivity contribution in [1.82, 2.24) is 0 Å². The minimum atomic E-state index is -2.22. The van der Waals surface area contributed by atoms with Crippen molar-refractivity contribution in [1.29, 1.82) is 0 Å². The summed E-state index contributed by atoms with van der Waals surface area (Å²) in [5, 5.41) is 6.69. The van der Waals surface area contributed by atoms with Crippen molar-refractivity contribution in [2.45, 2.75) is 29.6 Å². The van der Waals surface area contributed by atoms with Gasteiger partial charge in [0.1, 0.15) is 0 Å². The Morgan fingerprint density at radius 2 is 0.778 bits per heavy atom. The third-order valence-electron chi connectivity index (χ3n) is 9.19. The molecule has 0 fully saturated rings. The summed E-state index contributed by atoms with van der Waals surface area (Å²) < 4.78 is 22.5. The van der Waals surface area contributed by atoms with Gasteiger partial charge in [-0.25, -0.2) is 0 Å². The fourth-order valence-electron chi connectivity index (χ4n) is 6.81. The van der Waals surface area contributed by atoms with Gasteiger partial charge in [-0.3, -0.25) is 0 Å². The van der Waals surface area contributed by atoms with Crippen molar-refractivity contribution >= 4 is 87.4 Å². The first-order valence-corrected chi connectivity index (χ1v) is 35.7. The van der Waals surface area contributed by atoms with Crippen molar-refractivity contribution in [3.63, 3.8) is 0 Å². The summed E-state index contributed by atoms with van der Waals surface area (Å²) in [4.78, 5) is 14.7. The summed E-state index contributed by atoms with van der Waals surface area (Å²) in [5.41, 5.74) is 5.87. The molecule has 1 heterocycles. The second-order valence-electron chi connectivity index (χ2n) is 14.1. The Morgan fingerprint density at radius 1 is 0.444 bits per heavy atom. The van der Waals surface area contributed by atoms with Crippen LogP contribution in [0.4, 0.5) is 0 Å². The van der Waals surface area contributed by atoms with Crippen LogP contribution in [0, 0.1) is 0 Å². The van der Waals surface area contributed by atoms with Crippen LogP contribution in [-0.2, 0) is 0 Å². The number of hydrogen-bond acceptors (Lipinski definition) is 3. The zero-order chi connectivity index (χ0) is 31.7. The zero-order valence-corrected chi connectivity index (χ0v) is 33.2. The van der Waals surface area contributed by atoms with Gasteiger partial charge in [-0.1, -0.05) is 0 Å². The molecule has 0 saturated heterocycles. The molecule has 0 aliphatic rings. The van der Waals surface area contributed by atoms with Crippen LogP contribution in [0.1, 0.15) is 0 Å². The summed E-state index contributed by atoms with van der Waals surface area (Å²) in [6, 6.07) is 35.6. The third kappa shape index (κ3) is 5.01. The van der Waals surface area contributed by atoms with Gasteiger partial charge in [0.05, 0.1) is 0 Å². The molecule has 0 N–H and O–H groups in total. The van der Waals surface area contributed by atoms with E-state index < -0.39 is 36.8 Å². The average molecular weight is 806 g/mol. The van der Waals surface area contributed by atoms with Crippen LogP contribution in [-0.4, -0.2) is 51.0 Å². The van der Waals surface area contributed by atoms with Gasteiger partial charge in [0.2, 0.25) is 0 Å². The molecule has 0 amide bonds. The predicted octanol–water partition coefficient (Wildman–Crippen LogP) is 10.3. The second-order valence-corrected chi connectivity index (χ2v) is 43.1. The van der Waals surface area contributed by atoms with E-state index in [9.17, 15) is 0 Å². The van der Waals surface area contributed by atoms with Crippen LogP contribution < -0.4 is 16.6 Å². The van der Waals surface area contributed by atoms with Crippen molar-refractivity contribution in [3.05, 3.63) is 97.1 Å². The van der Waals surface area contributed by atoms with E-state index in [2.05, 4.69) is 127 Å². The van der Waals surface area contributed by atoms with E-state index in [4.69, 9.17) is 13.9 Å². The van der Waals surface area contributed by atoms with Crippen LogP contribution in [0.2, 0.25) is 29.6 Å². The van der Waals surface area contributed by atoms with Crippen molar-refractivity contribution in [2.75, 3.05) is 14.2 Å². The van der Waals surface area contributed by atoms with Crippen LogP contribution in [0.15, 0.2) is 101 Å². The SMILES string of the molecule is COc1c(-c2cc[c]([Sn]([CH3])([CH3])[CH3])cc2)c2ccccc2c2c1oc1c(OC)c(-c3cc[c]([Sn]([CH3])([CH3])[CH3])cc3)c3ccccc3c12. The van der Waals surface area contributed by atoms with E-state index in [-0.39, 0.29) is 0 Å². The number of benzene rings is 6. The zero-order valence-electron chi connectivity index (χ0n) is 27.5. The summed E-state index contributed by atoms with van der Waals surface area (Å²) in [6.07, 6.45) is 0. The second kappa shape index (κ2) is 11.3. The molecule has 6 aromatic carbocycles. The Bertz CT molecular complexity index is 2070. The van der Waals surface area contributed by atoms with Crippen LogP contribution >= 0.6 is 0 Å². The Hall–Kier alpha value is -3.16. The van der Waals surface area contributed by atoms with E-state index in [1.807, 2.05) is 0 Å². The predicted molar refractivity (Wildman–Crippen MR) is 199 cm³/mol. The van der Waals surface area contributed by atoms with Gasteiger partial charge in [0.15, 0.2) is 0 Å². The molecule has 226 valence electrons. The van der Waals surface area contributed by atoms with Crippen LogP contribution in [0.3, 0.4) is 0 Å². The Labute approximate surface area is 273 Å². The number of fused-ring (bicyclic) bond motifs is 7. The molecule has 0 radical (unpaired) electrons. The van der Waals surface area contributed by atoms with Gasteiger partial charge >= 0.3 is 276 Å². The molecule has 1 aromatic heterocycles. The van der Waals surface area contributed by atoms with Gasteiger partial charge in [-0.05, 0) is 0 Å².